The molecule has 1 fully saturated rings. The van der Waals surface area contributed by atoms with Crippen molar-refractivity contribution in [1.82, 2.24) is 10.6 Å². The van der Waals surface area contributed by atoms with Crippen molar-refractivity contribution < 1.29 is 14.8 Å². The summed E-state index contributed by atoms with van der Waals surface area (Å²) in [5, 5.41) is 25.9. The van der Waals surface area contributed by atoms with Gasteiger partial charge in [-0.15, -0.1) is 0 Å². The Labute approximate surface area is 135 Å². The number of aliphatic hydroxyl groups excluding tert-OH is 1. The SMILES string of the molecule is O=C(NCCc1ccccc1[N+](=O)[O-])NC1CCCCC1CO. The minimum Gasteiger partial charge on any atom is -0.396 e. The minimum absolute atomic E-state index is 0.000175. The Morgan fingerprint density at radius 1 is 1.30 bits per heavy atom. The number of carbonyl (C=O) groups is 1. The maximum absolute atomic E-state index is 11.9. The number of benzene rings is 1. The zero-order chi connectivity index (χ0) is 16.7. The Bertz CT molecular complexity index is 550. The van der Waals surface area contributed by atoms with Crippen molar-refractivity contribution in [2.45, 2.75) is 38.1 Å². The van der Waals surface area contributed by atoms with Gasteiger partial charge in [-0.25, -0.2) is 4.79 Å². The highest BCUT2D eigenvalue weighted by molar-refractivity contribution is 5.74. The van der Waals surface area contributed by atoms with Gasteiger partial charge in [0.05, 0.1) is 4.92 Å². The molecule has 7 heteroatoms. The molecule has 1 aliphatic rings. The van der Waals surface area contributed by atoms with Gasteiger partial charge in [-0.3, -0.25) is 10.1 Å². The van der Waals surface area contributed by atoms with Crippen LogP contribution in [-0.4, -0.2) is 35.3 Å². The number of rotatable bonds is 6. The summed E-state index contributed by atoms with van der Waals surface area (Å²) in [5.74, 6) is 0.115. The standard InChI is InChI=1S/C16H23N3O4/c20-11-13-6-1-3-7-14(13)18-16(21)17-10-9-12-5-2-4-8-15(12)19(22)23/h2,4-5,8,13-14,20H,1,3,6-7,9-11H2,(H2,17,18,21). The van der Waals surface area contributed by atoms with Gasteiger partial charge in [-0.05, 0) is 19.3 Å². The van der Waals surface area contributed by atoms with Crippen LogP contribution in [0.25, 0.3) is 0 Å². The third-order valence-corrected chi connectivity index (χ3v) is 4.33. The van der Waals surface area contributed by atoms with Crippen molar-refractivity contribution >= 4 is 11.7 Å². The Balaban J connectivity index is 1.80. The van der Waals surface area contributed by atoms with Crippen LogP contribution in [0.4, 0.5) is 10.5 Å². The topological polar surface area (TPSA) is 104 Å². The van der Waals surface area contributed by atoms with Crippen molar-refractivity contribution in [1.29, 1.82) is 0 Å². The molecule has 1 aromatic rings. The van der Waals surface area contributed by atoms with Gasteiger partial charge < -0.3 is 15.7 Å². The Kier molecular flexibility index (Phi) is 6.34. The summed E-state index contributed by atoms with van der Waals surface area (Å²) >= 11 is 0. The molecule has 1 aliphatic carbocycles. The molecule has 1 aromatic carbocycles. The largest absolute Gasteiger partial charge is 0.396 e. The molecular formula is C16H23N3O4. The highest BCUT2D eigenvalue weighted by atomic mass is 16.6. The van der Waals surface area contributed by atoms with Gasteiger partial charge in [-0.1, -0.05) is 31.0 Å². The van der Waals surface area contributed by atoms with Crippen LogP contribution < -0.4 is 10.6 Å². The van der Waals surface area contributed by atoms with Crippen LogP contribution in [0.2, 0.25) is 0 Å². The van der Waals surface area contributed by atoms with Crippen LogP contribution in [0.3, 0.4) is 0 Å². The van der Waals surface area contributed by atoms with Crippen LogP contribution in [0.1, 0.15) is 31.2 Å². The third-order valence-electron chi connectivity index (χ3n) is 4.33. The van der Waals surface area contributed by atoms with Crippen LogP contribution in [0.5, 0.6) is 0 Å². The first-order chi connectivity index (χ1) is 11.1. The third kappa shape index (κ3) is 4.92. The van der Waals surface area contributed by atoms with Gasteiger partial charge in [0.25, 0.3) is 5.69 Å². The summed E-state index contributed by atoms with van der Waals surface area (Å²) in [5.41, 5.74) is 0.672. The van der Waals surface area contributed by atoms with Gasteiger partial charge >= 0.3 is 6.03 Å². The second kappa shape index (κ2) is 8.47. The maximum Gasteiger partial charge on any atom is 0.315 e. The Hall–Kier alpha value is -2.15. The van der Waals surface area contributed by atoms with Crippen molar-refractivity contribution in [2.24, 2.45) is 5.92 Å². The zero-order valence-electron chi connectivity index (χ0n) is 13.0. The van der Waals surface area contributed by atoms with Crippen molar-refractivity contribution in [3.63, 3.8) is 0 Å². The molecule has 0 heterocycles. The van der Waals surface area contributed by atoms with Crippen LogP contribution in [0.15, 0.2) is 24.3 Å². The van der Waals surface area contributed by atoms with Crippen molar-refractivity contribution in [3.8, 4) is 0 Å². The van der Waals surface area contributed by atoms with Crippen molar-refractivity contribution in [3.05, 3.63) is 39.9 Å². The predicted molar refractivity (Wildman–Crippen MR) is 86.2 cm³/mol. The lowest BCUT2D eigenvalue weighted by Crippen LogP contribution is -2.48. The molecule has 126 valence electrons. The first-order valence-corrected chi connectivity index (χ1v) is 7.99. The van der Waals surface area contributed by atoms with Crippen LogP contribution in [0, 0.1) is 16.0 Å². The first kappa shape index (κ1) is 17.2. The molecule has 1 saturated carbocycles. The van der Waals surface area contributed by atoms with Gasteiger partial charge in [0.1, 0.15) is 0 Å². The molecule has 2 amide bonds. The van der Waals surface area contributed by atoms with Gasteiger partial charge in [0.2, 0.25) is 0 Å². The quantitative estimate of drug-likeness (QED) is 0.550. The monoisotopic (exact) mass is 321 g/mol. The summed E-state index contributed by atoms with van der Waals surface area (Å²) in [6, 6.07) is 6.24. The van der Waals surface area contributed by atoms with Gasteiger partial charge in [0, 0.05) is 36.7 Å². The normalized spacial score (nSPS) is 20.7. The van der Waals surface area contributed by atoms with E-state index in [0.29, 0.717) is 18.5 Å². The van der Waals surface area contributed by atoms with E-state index in [4.69, 9.17) is 0 Å². The summed E-state index contributed by atoms with van der Waals surface area (Å²) in [4.78, 5) is 22.5. The van der Waals surface area contributed by atoms with E-state index in [1.54, 1.807) is 18.2 Å². The number of nitro benzene ring substituents is 1. The number of nitrogens with zero attached hydrogens (tertiary/aromatic N) is 1. The van der Waals surface area contributed by atoms with E-state index in [0.717, 1.165) is 25.7 Å². The second-order valence-corrected chi connectivity index (χ2v) is 5.87. The maximum atomic E-state index is 11.9. The predicted octanol–water partition coefficient (Wildman–Crippen LogP) is 1.99. The molecule has 2 unspecified atom stereocenters. The average Bonchev–Trinajstić information content (AvgIpc) is 2.55. The van der Waals surface area contributed by atoms with Gasteiger partial charge in [0.15, 0.2) is 0 Å². The lowest BCUT2D eigenvalue weighted by atomic mass is 9.85. The van der Waals surface area contributed by atoms with E-state index < -0.39 is 4.92 Å². The summed E-state index contributed by atoms with van der Waals surface area (Å²) in [7, 11) is 0. The number of urea groups is 1. The lowest BCUT2D eigenvalue weighted by Gasteiger charge is -2.30. The molecule has 3 N–H and O–H groups in total. The number of nitrogens with one attached hydrogen (secondary N) is 2. The summed E-state index contributed by atoms with van der Waals surface area (Å²) in [6.07, 6.45) is 4.35. The summed E-state index contributed by atoms with van der Waals surface area (Å²) < 4.78 is 0. The molecular weight excluding hydrogens is 298 g/mol. The fourth-order valence-electron chi connectivity index (χ4n) is 3.05. The number of nitro groups is 1. The molecule has 7 nitrogen and oxygen atoms in total. The van der Waals surface area contributed by atoms with Gasteiger partial charge in [-0.2, -0.15) is 0 Å². The fourth-order valence-corrected chi connectivity index (χ4v) is 3.05. The number of hydrogen-bond acceptors (Lipinski definition) is 4. The first-order valence-electron chi connectivity index (χ1n) is 7.99. The Morgan fingerprint density at radius 2 is 2.04 bits per heavy atom. The molecule has 2 atom stereocenters. The lowest BCUT2D eigenvalue weighted by molar-refractivity contribution is -0.385. The molecule has 23 heavy (non-hydrogen) atoms. The number of aliphatic hydroxyl groups is 1. The average molecular weight is 321 g/mol. The van der Waals surface area contributed by atoms with E-state index in [-0.39, 0.29) is 30.3 Å². The molecule has 0 bridgehead atoms. The van der Waals surface area contributed by atoms with E-state index in [2.05, 4.69) is 10.6 Å². The van der Waals surface area contributed by atoms with Crippen molar-refractivity contribution in [2.75, 3.05) is 13.2 Å². The zero-order valence-corrected chi connectivity index (χ0v) is 13.0. The highest BCUT2D eigenvalue weighted by Gasteiger charge is 2.25. The molecule has 0 spiro atoms. The highest BCUT2D eigenvalue weighted by Crippen LogP contribution is 2.23. The molecule has 0 aliphatic heterocycles. The number of hydrogen-bond donors (Lipinski definition) is 3. The smallest absolute Gasteiger partial charge is 0.315 e. The number of para-hydroxylation sites is 1. The van der Waals surface area contributed by atoms with Crippen LogP contribution >= 0.6 is 0 Å². The second-order valence-electron chi connectivity index (χ2n) is 5.87. The number of carbonyl (C=O) groups excluding carboxylic acids is 1. The summed E-state index contributed by atoms with van der Waals surface area (Å²) in [6.45, 7) is 0.411. The minimum atomic E-state index is -0.413. The van der Waals surface area contributed by atoms with E-state index in [1.165, 1.54) is 6.07 Å². The van der Waals surface area contributed by atoms with E-state index in [9.17, 15) is 20.0 Å². The molecule has 0 saturated heterocycles. The molecule has 0 radical (unpaired) electrons. The molecule has 0 aromatic heterocycles. The van der Waals surface area contributed by atoms with E-state index in [1.807, 2.05) is 0 Å². The molecule has 2 rings (SSSR count). The fraction of sp³-hybridized carbons (Fsp3) is 0.562. The number of amides is 2. The van der Waals surface area contributed by atoms with Crippen LogP contribution in [-0.2, 0) is 6.42 Å². The van der Waals surface area contributed by atoms with E-state index >= 15 is 0 Å². The Morgan fingerprint density at radius 3 is 2.78 bits per heavy atom.